The van der Waals surface area contributed by atoms with Crippen LogP contribution in [-0.4, -0.2) is 42.8 Å². The summed E-state index contributed by atoms with van der Waals surface area (Å²) >= 11 is 0. The fourth-order valence-corrected chi connectivity index (χ4v) is 5.03. The van der Waals surface area contributed by atoms with Crippen molar-refractivity contribution >= 4 is 5.91 Å². The molecule has 5 heteroatoms. The second-order valence-corrected chi connectivity index (χ2v) is 7.90. The molecule has 3 fully saturated rings. The molecule has 0 aromatic rings. The summed E-state index contributed by atoms with van der Waals surface area (Å²) < 4.78 is 5.85. The molecular formula is C18H25N3O2. The summed E-state index contributed by atoms with van der Waals surface area (Å²) in [6, 6.07) is 0. The third kappa shape index (κ3) is 2.39. The number of rotatable bonds is 5. The largest absolute Gasteiger partial charge is 0.380 e. The summed E-state index contributed by atoms with van der Waals surface area (Å²) in [5, 5.41) is 8.27. The monoisotopic (exact) mass is 315 g/mol. The van der Waals surface area contributed by atoms with E-state index in [-0.39, 0.29) is 22.4 Å². The number of carbonyl (C=O) groups excluding carboxylic acids is 1. The maximum Gasteiger partial charge on any atom is 0.222 e. The van der Waals surface area contributed by atoms with Crippen LogP contribution in [0.25, 0.3) is 0 Å². The van der Waals surface area contributed by atoms with Gasteiger partial charge in [0.05, 0.1) is 13.2 Å². The van der Waals surface area contributed by atoms with Crippen LogP contribution in [0.3, 0.4) is 0 Å². The lowest BCUT2D eigenvalue weighted by atomic mass is 9.60. The lowest BCUT2D eigenvalue weighted by Gasteiger charge is -2.41. The number of ether oxygens (including phenoxy) is 1. The second kappa shape index (κ2) is 5.31. The molecule has 0 radical (unpaired) electrons. The molecule has 3 heterocycles. The van der Waals surface area contributed by atoms with Gasteiger partial charge in [-0.2, -0.15) is 10.2 Å². The van der Waals surface area contributed by atoms with E-state index in [9.17, 15) is 4.79 Å². The summed E-state index contributed by atoms with van der Waals surface area (Å²) in [6.07, 6.45) is 13.0. The van der Waals surface area contributed by atoms with Gasteiger partial charge in [0.1, 0.15) is 0 Å². The number of hydrogen-bond donors (Lipinski definition) is 0. The van der Waals surface area contributed by atoms with Crippen LogP contribution in [-0.2, 0) is 9.53 Å². The molecule has 2 atom stereocenters. The Labute approximate surface area is 137 Å². The molecule has 23 heavy (non-hydrogen) atoms. The molecule has 0 spiro atoms. The normalized spacial score (nSPS) is 36.4. The molecule has 4 rings (SSSR count). The second-order valence-electron chi connectivity index (χ2n) is 7.90. The van der Waals surface area contributed by atoms with Crippen molar-refractivity contribution in [2.24, 2.45) is 21.1 Å². The number of carbonyl (C=O) groups is 1. The predicted molar refractivity (Wildman–Crippen MR) is 85.6 cm³/mol. The van der Waals surface area contributed by atoms with Crippen LogP contribution in [0.1, 0.15) is 51.4 Å². The van der Waals surface area contributed by atoms with Gasteiger partial charge in [0.25, 0.3) is 0 Å². The van der Waals surface area contributed by atoms with E-state index in [0.717, 1.165) is 32.7 Å². The zero-order valence-electron chi connectivity index (χ0n) is 13.7. The molecule has 2 unspecified atom stereocenters. The molecule has 2 saturated heterocycles. The highest BCUT2D eigenvalue weighted by Crippen LogP contribution is 2.59. The standard InChI is InChI=1S/C18H25N3O2/c1-2-3-9-18(19-20-18)10-6-15(22)21-11-16-7-4-5-8-17(16,12-21)14-23-13-16/h1H,3-14H2. The SMILES string of the molecule is C#CCCC1(CCC(=O)N2CC34CCCCC3(COC4)C2)N=N1. The maximum absolute atomic E-state index is 12.7. The topological polar surface area (TPSA) is 54.3 Å². The summed E-state index contributed by atoms with van der Waals surface area (Å²) in [5.41, 5.74) is 0.122. The maximum atomic E-state index is 12.7. The van der Waals surface area contributed by atoms with Crippen molar-refractivity contribution in [3.05, 3.63) is 0 Å². The minimum atomic E-state index is -0.343. The molecule has 124 valence electrons. The van der Waals surface area contributed by atoms with Crippen LogP contribution >= 0.6 is 0 Å². The summed E-state index contributed by atoms with van der Waals surface area (Å²) in [6.45, 7) is 3.45. The van der Waals surface area contributed by atoms with E-state index in [2.05, 4.69) is 21.0 Å². The van der Waals surface area contributed by atoms with Gasteiger partial charge in [-0.25, -0.2) is 0 Å². The quantitative estimate of drug-likeness (QED) is 0.733. The zero-order valence-corrected chi connectivity index (χ0v) is 13.7. The Kier molecular flexibility index (Phi) is 3.49. The Bertz CT molecular complexity index is 553. The lowest BCUT2D eigenvalue weighted by Crippen LogP contribution is -2.42. The van der Waals surface area contributed by atoms with Crippen molar-refractivity contribution in [3.63, 3.8) is 0 Å². The Morgan fingerprint density at radius 2 is 1.78 bits per heavy atom. The van der Waals surface area contributed by atoms with Crippen LogP contribution < -0.4 is 0 Å². The fraction of sp³-hybridized carbons (Fsp3) is 0.833. The van der Waals surface area contributed by atoms with Crippen molar-refractivity contribution in [1.82, 2.24) is 4.90 Å². The zero-order chi connectivity index (χ0) is 16.0. The third-order valence-electron chi connectivity index (χ3n) is 6.57. The van der Waals surface area contributed by atoms with E-state index >= 15 is 0 Å². The van der Waals surface area contributed by atoms with E-state index in [4.69, 9.17) is 11.2 Å². The first-order valence-electron chi connectivity index (χ1n) is 8.86. The smallest absolute Gasteiger partial charge is 0.222 e. The molecule has 3 aliphatic heterocycles. The fourth-order valence-electron chi connectivity index (χ4n) is 5.03. The summed E-state index contributed by atoms with van der Waals surface area (Å²) in [5.74, 6) is 2.90. The van der Waals surface area contributed by atoms with E-state index in [0.29, 0.717) is 19.3 Å². The molecular weight excluding hydrogens is 290 g/mol. The first kappa shape index (κ1) is 15.1. The van der Waals surface area contributed by atoms with Crippen molar-refractivity contribution in [3.8, 4) is 12.3 Å². The van der Waals surface area contributed by atoms with Crippen LogP contribution in [0.5, 0.6) is 0 Å². The predicted octanol–water partition coefficient (Wildman–Crippen LogP) is 2.76. The molecule has 0 aromatic carbocycles. The van der Waals surface area contributed by atoms with Crippen molar-refractivity contribution in [2.75, 3.05) is 26.3 Å². The molecule has 0 N–H and O–H groups in total. The van der Waals surface area contributed by atoms with Gasteiger partial charge >= 0.3 is 0 Å². The molecule has 5 nitrogen and oxygen atoms in total. The molecule has 0 bridgehead atoms. The highest BCUT2D eigenvalue weighted by Gasteiger charge is 2.62. The molecule has 1 aliphatic carbocycles. The average Bonchev–Trinajstić information content (AvgIpc) is 3.10. The highest BCUT2D eigenvalue weighted by molar-refractivity contribution is 5.77. The first-order valence-corrected chi connectivity index (χ1v) is 8.86. The Hall–Kier alpha value is -1.41. The minimum Gasteiger partial charge on any atom is -0.380 e. The van der Waals surface area contributed by atoms with E-state index in [1.54, 1.807) is 0 Å². The Morgan fingerprint density at radius 1 is 1.13 bits per heavy atom. The number of amides is 1. The number of nitrogens with zero attached hydrogens (tertiary/aromatic N) is 3. The molecule has 1 saturated carbocycles. The van der Waals surface area contributed by atoms with Crippen LogP contribution in [0.2, 0.25) is 0 Å². The highest BCUT2D eigenvalue weighted by atomic mass is 16.5. The van der Waals surface area contributed by atoms with E-state index < -0.39 is 0 Å². The van der Waals surface area contributed by atoms with Crippen LogP contribution in [0.4, 0.5) is 0 Å². The van der Waals surface area contributed by atoms with Gasteiger partial charge in [-0.3, -0.25) is 4.79 Å². The summed E-state index contributed by atoms with van der Waals surface area (Å²) in [4.78, 5) is 14.8. The molecule has 1 amide bonds. The van der Waals surface area contributed by atoms with Gasteiger partial charge in [-0.05, 0) is 12.8 Å². The van der Waals surface area contributed by atoms with Gasteiger partial charge in [-0.1, -0.05) is 12.8 Å². The molecule has 4 aliphatic rings. The van der Waals surface area contributed by atoms with Gasteiger partial charge in [0.2, 0.25) is 5.91 Å². The average molecular weight is 315 g/mol. The van der Waals surface area contributed by atoms with Crippen LogP contribution in [0.15, 0.2) is 10.2 Å². The number of hydrogen-bond acceptors (Lipinski definition) is 4. The number of terminal acetylenes is 1. The number of likely N-dealkylation sites (tertiary alicyclic amines) is 1. The van der Waals surface area contributed by atoms with Crippen molar-refractivity contribution < 1.29 is 9.53 Å². The van der Waals surface area contributed by atoms with Gasteiger partial charge < -0.3 is 9.64 Å². The minimum absolute atomic E-state index is 0.233. The third-order valence-corrected chi connectivity index (χ3v) is 6.57. The molecule has 0 aromatic heterocycles. The van der Waals surface area contributed by atoms with Crippen molar-refractivity contribution in [2.45, 2.75) is 57.0 Å². The van der Waals surface area contributed by atoms with Crippen molar-refractivity contribution in [1.29, 1.82) is 0 Å². The van der Waals surface area contributed by atoms with Crippen LogP contribution in [0, 0.1) is 23.2 Å². The van der Waals surface area contributed by atoms with Gasteiger partial charge in [0.15, 0.2) is 5.66 Å². The Balaban J connectivity index is 1.37. The lowest BCUT2D eigenvalue weighted by molar-refractivity contribution is -0.131. The Morgan fingerprint density at radius 3 is 2.35 bits per heavy atom. The van der Waals surface area contributed by atoms with Gasteiger partial charge in [0, 0.05) is 49.6 Å². The van der Waals surface area contributed by atoms with E-state index in [1.807, 2.05) is 0 Å². The van der Waals surface area contributed by atoms with E-state index in [1.165, 1.54) is 25.7 Å². The first-order chi connectivity index (χ1) is 11.1. The summed E-state index contributed by atoms with van der Waals surface area (Å²) in [7, 11) is 0. The van der Waals surface area contributed by atoms with Gasteiger partial charge in [-0.15, -0.1) is 12.3 Å².